The fraction of sp³-hybridized carbons (Fsp3) is 0.222. The summed E-state index contributed by atoms with van der Waals surface area (Å²) in [4.78, 5) is 22.8. The topological polar surface area (TPSA) is 69.4 Å². The standard InChI is InChI=1S/C18H19NO3.ClH/c1-12(20)15-4-3-5-16(11-15)14-8-6-13(7-9-14)10-17(19)18(21)22-2;/h3-9,11,17H,10,19H2,1-2H3;1H/t17-;/m1./s1. The fourth-order valence-electron chi connectivity index (χ4n) is 2.24. The van der Waals surface area contributed by atoms with Crippen LogP contribution in [-0.2, 0) is 16.0 Å². The number of esters is 1. The lowest BCUT2D eigenvalue weighted by Gasteiger charge is -2.10. The lowest BCUT2D eigenvalue weighted by atomic mass is 9.99. The molecule has 0 aliphatic heterocycles. The number of hydrogen-bond acceptors (Lipinski definition) is 4. The Hall–Kier alpha value is -2.17. The zero-order valence-corrected chi connectivity index (χ0v) is 13.9. The number of carbonyl (C=O) groups is 2. The minimum Gasteiger partial charge on any atom is -0.468 e. The Kier molecular flexibility index (Phi) is 6.94. The van der Waals surface area contributed by atoms with Gasteiger partial charge < -0.3 is 10.5 Å². The van der Waals surface area contributed by atoms with Gasteiger partial charge in [-0.1, -0.05) is 42.5 Å². The normalized spacial score (nSPS) is 11.3. The Bertz CT molecular complexity index is 683. The second kappa shape index (κ2) is 8.46. The molecule has 0 aromatic heterocycles. The van der Waals surface area contributed by atoms with Crippen molar-refractivity contribution in [2.75, 3.05) is 7.11 Å². The first-order chi connectivity index (χ1) is 10.5. The minimum atomic E-state index is -0.656. The van der Waals surface area contributed by atoms with E-state index in [0.717, 1.165) is 16.7 Å². The largest absolute Gasteiger partial charge is 0.468 e. The van der Waals surface area contributed by atoms with E-state index in [2.05, 4.69) is 4.74 Å². The van der Waals surface area contributed by atoms with Crippen LogP contribution in [0.5, 0.6) is 0 Å². The molecule has 2 N–H and O–H groups in total. The molecule has 1 atom stereocenters. The molecule has 0 heterocycles. The van der Waals surface area contributed by atoms with Crippen molar-refractivity contribution in [1.82, 2.24) is 0 Å². The van der Waals surface area contributed by atoms with Gasteiger partial charge in [-0.25, -0.2) is 0 Å². The van der Waals surface area contributed by atoms with Crippen molar-refractivity contribution in [3.8, 4) is 11.1 Å². The summed E-state index contributed by atoms with van der Waals surface area (Å²) in [5.74, 6) is -0.374. The Morgan fingerprint density at radius 3 is 2.30 bits per heavy atom. The van der Waals surface area contributed by atoms with E-state index in [1.54, 1.807) is 13.0 Å². The van der Waals surface area contributed by atoms with Crippen LogP contribution in [0.3, 0.4) is 0 Å². The average Bonchev–Trinajstić information content (AvgIpc) is 2.54. The fourth-order valence-corrected chi connectivity index (χ4v) is 2.24. The Labute approximate surface area is 142 Å². The predicted octanol–water partition coefficient (Wildman–Crippen LogP) is 3.02. The van der Waals surface area contributed by atoms with Gasteiger partial charge in [0.1, 0.15) is 6.04 Å². The summed E-state index contributed by atoms with van der Waals surface area (Å²) in [6.45, 7) is 1.55. The van der Waals surface area contributed by atoms with E-state index in [1.807, 2.05) is 42.5 Å². The van der Waals surface area contributed by atoms with E-state index in [0.29, 0.717) is 12.0 Å². The Morgan fingerprint density at radius 1 is 1.09 bits per heavy atom. The van der Waals surface area contributed by atoms with Crippen molar-refractivity contribution < 1.29 is 14.3 Å². The Balaban J connectivity index is 0.00000264. The molecule has 0 radical (unpaired) electrons. The van der Waals surface area contributed by atoms with Gasteiger partial charge in [0.05, 0.1) is 7.11 Å². The van der Waals surface area contributed by atoms with E-state index in [4.69, 9.17) is 5.73 Å². The molecule has 0 bridgehead atoms. The molecule has 122 valence electrons. The number of carbonyl (C=O) groups excluding carboxylic acids is 2. The molecular weight excluding hydrogens is 314 g/mol. The van der Waals surface area contributed by atoms with Crippen LogP contribution in [0.4, 0.5) is 0 Å². The smallest absolute Gasteiger partial charge is 0.322 e. The molecule has 0 spiro atoms. The van der Waals surface area contributed by atoms with Crippen molar-refractivity contribution in [3.05, 3.63) is 59.7 Å². The van der Waals surface area contributed by atoms with Crippen LogP contribution in [-0.4, -0.2) is 24.9 Å². The summed E-state index contributed by atoms with van der Waals surface area (Å²) in [5.41, 5.74) is 9.40. The molecular formula is C18H20ClNO3. The third-order valence-electron chi connectivity index (χ3n) is 3.52. The number of ketones is 1. The summed E-state index contributed by atoms with van der Waals surface area (Å²) >= 11 is 0. The maximum absolute atomic E-state index is 11.4. The maximum atomic E-state index is 11.4. The average molecular weight is 334 g/mol. The molecule has 0 saturated carbocycles. The molecule has 2 rings (SSSR count). The van der Waals surface area contributed by atoms with Gasteiger partial charge >= 0.3 is 5.97 Å². The number of ether oxygens (including phenoxy) is 1. The second-order valence-electron chi connectivity index (χ2n) is 5.17. The number of Topliss-reactive ketones (excluding diaryl/α,β-unsaturated/α-hetero) is 1. The van der Waals surface area contributed by atoms with E-state index >= 15 is 0 Å². The van der Waals surface area contributed by atoms with Crippen LogP contribution in [0.25, 0.3) is 11.1 Å². The number of halogens is 1. The zero-order chi connectivity index (χ0) is 16.1. The summed E-state index contributed by atoms with van der Waals surface area (Å²) < 4.78 is 4.62. The lowest BCUT2D eigenvalue weighted by Crippen LogP contribution is -2.33. The number of rotatable bonds is 5. The highest BCUT2D eigenvalue weighted by molar-refractivity contribution is 5.95. The SMILES string of the molecule is COC(=O)[C@H](N)Cc1ccc(-c2cccc(C(C)=O)c2)cc1.Cl. The number of methoxy groups -OCH3 is 1. The summed E-state index contributed by atoms with van der Waals surface area (Å²) in [7, 11) is 1.33. The maximum Gasteiger partial charge on any atom is 0.322 e. The summed E-state index contributed by atoms with van der Waals surface area (Å²) in [5, 5.41) is 0. The van der Waals surface area contributed by atoms with E-state index in [1.165, 1.54) is 7.11 Å². The molecule has 4 nitrogen and oxygen atoms in total. The quantitative estimate of drug-likeness (QED) is 0.674. The number of nitrogens with two attached hydrogens (primary N) is 1. The third-order valence-corrected chi connectivity index (χ3v) is 3.52. The van der Waals surface area contributed by atoms with Crippen molar-refractivity contribution in [2.45, 2.75) is 19.4 Å². The van der Waals surface area contributed by atoms with Crippen LogP contribution in [0.1, 0.15) is 22.8 Å². The second-order valence-corrected chi connectivity index (χ2v) is 5.17. The van der Waals surface area contributed by atoms with Crippen molar-refractivity contribution in [1.29, 1.82) is 0 Å². The molecule has 0 amide bonds. The van der Waals surface area contributed by atoms with Gasteiger partial charge in [0.25, 0.3) is 0 Å². The van der Waals surface area contributed by atoms with Crippen LogP contribution in [0.2, 0.25) is 0 Å². The van der Waals surface area contributed by atoms with Gasteiger partial charge in [-0.15, -0.1) is 12.4 Å². The van der Waals surface area contributed by atoms with Crippen LogP contribution in [0, 0.1) is 0 Å². The van der Waals surface area contributed by atoms with Crippen molar-refractivity contribution >= 4 is 24.2 Å². The van der Waals surface area contributed by atoms with Gasteiger partial charge in [0, 0.05) is 5.56 Å². The van der Waals surface area contributed by atoms with Gasteiger partial charge in [0.2, 0.25) is 0 Å². The molecule has 0 unspecified atom stereocenters. The van der Waals surface area contributed by atoms with Crippen molar-refractivity contribution in [2.24, 2.45) is 5.73 Å². The van der Waals surface area contributed by atoms with Crippen molar-refractivity contribution in [3.63, 3.8) is 0 Å². The number of benzene rings is 2. The monoisotopic (exact) mass is 333 g/mol. The molecule has 0 saturated heterocycles. The lowest BCUT2D eigenvalue weighted by molar-refractivity contribution is -0.142. The highest BCUT2D eigenvalue weighted by Gasteiger charge is 2.14. The Morgan fingerprint density at radius 2 is 1.74 bits per heavy atom. The minimum absolute atomic E-state index is 0. The third kappa shape index (κ3) is 4.91. The molecule has 2 aromatic rings. The van der Waals surface area contributed by atoms with Crippen LogP contribution < -0.4 is 5.73 Å². The van der Waals surface area contributed by atoms with Crippen LogP contribution in [0.15, 0.2) is 48.5 Å². The molecule has 0 aliphatic rings. The highest BCUT2D eigenvalue weighted by atomic mass is 35.5. The molecule has 5 heteroatoms. The first-order valence-electron chi connectivity index (χ1n) is 7.05. The van der Waals surface area contributed by atoms with Gasteiger partial charge in [-0.2, -0.15) is 0 Å². The van der Waals surface area contributed by atoms with Gasteiger partial charge in [0.15, 0.2) is 5.78 Å². The zero-order valence-electron chi connectivity index (χ0n) is 13.1. The molecule has 2 aromatic carbocycles. The first kappa shape index (κ1) is 18.9. The molecule has 0 fully saturated rings. The summed E-state index contributed by atoms with van der Waals surface area (Å²) in [6.07, 6.45) is 0.431. The molecule has 23 heavy (non-hydrogen) atoms. The van der Waals surface area contributed by atoms with E-state index in [-0.39, 0.29) is 18.2 Å². The molecule has 0 aliphatic carbocycles. The first-order valence-corrected chi connectivity index (χ1v) is 7.05. The van der Waals surface area contributed by atoms with E-state index in [9.17, 15) is 9.59 Å². The van der Waals surface area contributed by atoms with E-state index < -0.39 is 12.0 Å². The highest BCUT2D eigenvalue weighted by Crippen LogP contribution is 2.21. The predicted molar refractivity (Wildman–Crippen MR) is 92.8 cm³/mol. The summed E-state index contributed by atoms with van der Waals surface area (Å²) in [6, 6.07) is 14.6. The van der Waals surface area contributed by atoms with Crippen LogP contribution >= 0.6 is 12.4 Å². The number of hydrogen-bond donors (Lipinski definition) is 1. The van der Waals surface area contributed by atoms with Gasteiger partial charge in [-0.3, -0.25) is 9.59 Å². The van der Waals surface area contributed by atoms with Gasteiger partial charge in [-0.05, 0) is 36.1 Å².